The molecule has 0 radical (unpaired) electrons. The van der Waals surface area contributed by atoms with E-state index in [2.05, 4.69) is 15.4 Å². The molecule has 3 aromatic rings. The molecule has 0 aliphatic rings. The number of hydrogen-bond donors (Lipinski definition) is 2. The topological polar surface area (TPSA) is 67.4 Å². The van der Waals surface area contributed by atoms with Gasteiger partial charge in [0, 0.05) is 23.4 Å². The van der Waals surface area contributed by atoms with E-state index < -0.39 is 18.0 Å². The molecule has 0 unspecified atom stereocenters. The number of alkyl halides is 3. The van der Waals surface area contributed by atoms with Crippen LogP contribution in [-0.4, -0.2) is 18.2 Å². The van der Waals surface area contributed by atoms with E-state index in [4.69, 9.17) is 0 Å². The lowest BCUT2D eigenvalue weighted by atomic mass is 10.1. The highest BCUT2D eigenvalue weighted by Crippen LogP contribution is 2.22. The molecular formula is C22H17F3N2O3. The van der Waals surface area contributed by atoms with E-state index in [0.717, 1.165) is 12.1 Å². The molecule has 5 nitrogen and oxygen atoms in total. The fourth-order valence-corrected chi connectivity index (χ4v) is 2.64. The Hall–Kier alpha value is -3.81. The van der Waals surface area contributed by atoms with Crippen molar-refractivity contribution >= 4 is 17.5 Å². The second-order valence-corrected chi connectivity index (χ2v) is 6.28. The summed E-state index contributed by atoms with van der Waals surface area (Å²) in [5, 5.41) is 5.44. The summed E-state index contributed by atoms with van der Waals surface area (Å²) in [5.41, 5.74) is 1.97. The van der Waals surface area contributed by atoms with Gasteiger partial charge in [-0.1, -0.05) is 30.3 Å². The average molecular weight is 414 g/mol. The second-order valence-electron chi connectivity index (χ2n) is 6.28. The number of para-hydroxylation sites is 1. The first kappa shape index (κ1) is 20.9. The molecule has 2 amide bonds. The Labute approximate surface area is 170 Å². The van der Waals surface area contributed by atoms with Crippen LogP contribution in [0, 0.1) is 0 Å². The van der Waals surface area contributed by atoms with Gasteiger partial charge in [0.25, 0.3) is 11.8 Å². The molecule has 0 atom stereocenters. The van der Waals surface area contributed by atoms with Crippen molar-refractivity contribution in [3.05, 3.63) is 95.6 Å². The van der Waals surface area contributed by atoms with Crippen molar-refractivity contribution in [2.24, 2.45) is 0 Å². The van der Waals surface area contributed by atoms with E-state index in [-0.39, 0.29) is 18.0 Å². The van der Waals surface area contributed by atoms with Gasteiger partial charge in [0.2, 0.25) is 0 Å². The molecule has 3 aromatic carbocycles. The molecule has 0 aliphatic carbocycles. The molecule has 0 saturated heterocycles. The van der Waals surface area contributed by atoms with Gasteiger partial charge in [-0.3, -0.25) is 9.59 Å². The predicted octanol–water partition coefficient (Wildman–Crippen LogP) is 4.77. The molecule has 8 heteroatoms. The van der Waals surface area contributed by atoms with Crippen LogP contribution in [0.4, 0.5) is 18.9 Å². The van der Waals surface area contributed by atoms with Gasteiger partial charge in [-0.2, -0.15) is 0 Å². The summed E-state index contributed by atoms with van der Waals surface area (Å²) in [6.45, 7) is 0.145. The normalized spacial score (nSPS) is 10.9. The number of ether oxygens (including phenoxy) is 1. The third kappa shape index (κ3) is 6.10. The van der Waals surface area contributed by atoms with E-state index in [1.807, 2.05) is 18.2 Å². The highest BCUT2D eigenvalue weighted by atomic mass is 19.4. The second kappa shape index (κ2) is 9.13. The lowest BCUT2D eigenvalue weighted by Crippen LogP contribution is -2.23. The number of benzene rings is 3. The maximum atomic E-state index is 12.4. The highest BCUT2D eigenvalue weighted by Gasteiger charge is 2.31. The number of hydrogen-bond acceptors (Lipinski definition) is 3. The average Bonchev–Trinajstić information content (AvgIpc) is 2.72. The molecule has 154 valence electrons. The quantitative estimate of drug-likeness (QED) is 0.611. The lowest BCUT2D eigenvalue weighted by molar-refractivity contribution is -0.274. The minimum absolute atomic E-state index is 0.145. The number of amides is 2. The van der Waals surface area contributed by atoms with Crippen molar-refractivity contribution in [2.45, 2.75) is 12.9 Å². The molecule has 0 bridgehead atoms. The first-order valence-corrected chi connectivity index (χ1v) is 8.89. The van der Waals surface area contributed by atoms with Crippen molar-refractivity contribution < 1.29 is 27.5 Å². The minimum Gasteiger partial charge on any atom is -0.406 e. The third-order valence-electron chi connectivity index (χ3n) is 4.02. The van der Waals surface area contributed by atoms with Gasteiger partial charge in [0.1, 0.15) is 5.75 Å². The SMILES string of the molecule is O=C(NCc1cccc(C(=O)Nc2ccccc2)c1)c1ccc(OC(F)(F)F)cc1. The van der Waals surface area contributed by atoms with Gasteiger partial charge in [-0.05, 0) is 54.1 Å². The molecule has 0 aliphatic heterocycles. The molecule has 2 N–H and O–H groups in total. The van der Waals surface area contributed by atoms with E-state index in [0.29, 0.717) is 16.8 Å². The van der Waals surface area contributed by atoms with Crippen LogP contribution in [0.1, 0.15) is 26.3 Å². The fourth-order valence-electron chi connectivity index (χ4n) is 2.64. The molecule has 0 spiro atoms. The smallest absolute Gasteiger partial charge is 0.406 e. The zero-order valence-electron chi connectivity index (χ0n) is 15.6. The van der Waals surface area contributed by atoms with Crippen molar-refractivity contribution in [1.82, 2.24) is 5.32 Å². The summed E-state index contributed by atoms with van der Waals surface area (Å²) in [6, 6.07) is 20.4. The first-order valence-electron chi connectivity index (χ1n) is 8.89. The maximum absolute atomic E-state index is 12.4. The molecule has 3 rings (SSSR count). The Kier molecular flexibility index (Phi) is 6.36. The van der Waals surface area contributed by atoms with Gasteiger partial charge in [-0.15, -0.1) is 13.2 Å². The largest absolute Gasteiger partial charge is 0.573 e. The Morgan fingerprint density at radius 2 is 1.50 bits per heavy atom. The van der Waals surface area contributed by atoms with Gasteiger partial charge in [0.05, 0.1) is 0 Å². The summed E-state index contributed by atoms with van der Waals surface area (Å²) in [6.07, 6.45) is -4.79. The maximum Gasteiger partial charge on any atom is 0.573 e. The first-order chi connectivity index (χ1) is 14.3. The van der Waals surface area contributed by atoms with Gasteiger partial charge in [0.15, 0.2) is 0 Å². The fraction of sp³-hybridized carbons (Fsp3) is 0.0909. The van der Waals surface area contributed by atoms with Gasteiger partial charge in [-0.25, -0.2) is 0 Å². The number of anilines is 1. The van der Waals surface area contributed by atoms with Crippen LogP contribution in [-0.2, 0) is 6.54 Å². The lowest BCUT2D eigenvalue weighted by Gasteiger charge is -2.10. The van der Waals surface area contributed by atoms with Crippen LogP contribution < -0.4 is 15.4 Å². The molecule has 30 heavy (non-hydrogen) atoms. The summed E-state index contributed by atoms with van der Waals surface area (Å²) in [7, 11) is 0. The molecular weight excluding hydrogens is 397 g/mol. The number of carbonyl (C=O) groups excluding carboxylic acids is 2. The Morgan fingerprint density at radius 3 is 2.17 bits per heavy atom. The number of nitrogens with one attached hydrogen (secondary N) is 2. The van der Waals surface area contributed by atoms with Crippen LogP contribution in [0.3, 0.4) is 0 Å². The van der Waals surface area contributed by atoms with E-state index in [1.54, 1.807) is 36.4 Å². The van der Waals surface area contributed by atoms with Crippen LogP contribution >= 0.6 is 0 Å². The molecule has 0 saturated carbocycles. The van der Waals surface area contributed by atoms with Gasteiger partial charge >= 0.3 is 6.36 Å². The molecule has 0 aromatic heterocycles. The number of halogens is 3. The summed E-state index contributed by atoms with van der Waals surface area (Å²) in [4.78, 5) is 24.6. The van der Waals surface area contributed by atoms with Gasteiger partial charge < -0.3 is 15.4 Å². The zero-order chi connectivity index (χ0) is 21.6. The summed E-state index contributed by atoms with van der Waals surface area (Å²) in [5.74, 6) is -1.15. The predicted molar refractivity (Wildman–Crippen MR) is 105 cm³/mol. The van der Waals surface area contributed by atoms with Crippen molar-refractivity contribution in [3.63, 3.8) is 0 Å². The minimum atomic E-state index is -4.79. The van der Waals surface area contributed by atoms with Crippen LogP contribution in [0.15, 0.2) is 78.9 Å². The summed E-state index contributed by atoms with van der Waals surface area (Å²) < 4.78 is 40.3. The Bertz CT molecular complexity index is 1020. The Morgan fingerprint density at radius 1 is 0.800 bits per heavy atom. The summed E-state index contributed by atoms with van der Waals surface area (Å²) >= 11 is 0. The van der Waals surface area contributed by atoms with Crippen LogP contribution in [0.25, 0.3) is 0 Å². The van der Waals surface area contributed by atoms with Crippen molar-refractivity contribution in [2.75, 3.05) is 5.32 Å². The van der Waals surface area contributed by atoms with E-state index in [9.17, 15) is 22.8 Å². The number of carbonyl (C=O) groups is 2. The van der Waals surface area contributed by atoms with Crippen molar-refractivity contribution in [3.8, 4) is 5.75 Å². The van der Waals surface area contributed by atoms with E-state index >= 15 is 0 Å². The highest BCUT2D eigenvalue weighted by molar-refractivity contribution is 6.04. The Balaban J connectivity index is 1.58. The number of rotatable bonds is 6. The third-order valence-corrected chi connectivity index (χ3v) is 4.02. The standard InChI is InChI=1S/C22H17F3N2O3/c23-22(24,25)30-19-11-9-16(10-12-19)20(28)26-14-15-5-4-6-17(13-15)21(29)27-18-7-2-1-3-8-18/h1-13H,14H2,(H,26,28)(H,27,29). The van der Waals surface area contributed by atoms with Crippen LogP contribution in [0.2, 0.25) is 0 Å². The van der Waals surface area contributed by atoms with Crippen LogP contribution in [0.5, 0.6) is 5.75 Å². The molecule has 0 fully saturated rings. The monoisotopic (exact) mass is 414 g/mol. The molecule has 0 heterocycles. The van der Waals surface area contributed by atoms with Crippen molar-refractivity contribution in [1.29, 1.82) is 0 Å². The zero-order valence-corrected chi connectivity index (χ0v) is 15.6. The van der Waals surface area contributed by atoms with E-state index in [1.165, 1.54) is 12.1 Å².